The molecule has 1 unspecified atom stereocenters. The number of aromatic nitrogens is 1. The standard InChI is InChI=1S/C23H28FN3O/c24-21-10-2-1-7-18(21)15-20-9-5-11-22(25-20)19-8-6-12-26(16-19)17-23(28)27-13-3-4-14-27/h1-2,5,7,9-11,19H,3-4,6,8,12-17H2. The van der Waals surface area contributed by atoms with E-state index >= 15 is 0 Å². The number of benzene rings is 1. The van der Waals surface area contributed by atoms with Crippen LogP contribution in [0.15, 0.2) is 42.5 Å². The highest BCUT2D eigenvalue weighted by atomic mass is 19.1. The predicted molar refractivity (Wildman–Crippen MR) is 108 cm³/mol. The van der Waals surface area contributed by atoms with Gasteiger partial charge < -0.3 is 4.90 Å². The molecular formula is C23H28FN3O. The summed E-state index contributed by atoms with van der Waals surface area (Å²) in [5.74, 6) is 0.416. The average molecular weight is 381 g/mol. The Kier molecular flexibility index (Phi) is 6.01. The molecule has 4 rings (SSSR count). The van der Waals surface area contributed by atoms with Crippen LogP contribution in [-0.2, 0) is 11.2 Å². The summed E-state index contributed by atoms with van der Waals surface area (Å²) in [5.41, 5.74) is 2.63. The number of likely N-dealkylation sites (tertiary alicyclic amines) is 2. The number of hydrogen-bond donors (Lipinski definition) is 0. The second-order valence-corrected chi connectivity index (χ2v) is 7.98. The smallest absolute Gasteiger partial charge is 0.236 e. The fraction of sp³-hybridized carbons (Fsp3) is 0.478. The van der Waals surface area contributed by atoms with Gasteiger partial charge in [0.2, 0.25) is 5.91 Å². The van der Waals surface area contributed by atoms with Crippen LogP contribution in [0, 0.1) is 5.82 Å². The van der Waals surface area contributed by atoms with Gasteiger partial charge in [-0.15, -0.1) is 0 Å². The van der Waals surface area contributed by atoms with Crippen LogP contribution in [0.5, 0.6) is 0 Å². The molecule has 148 valence electrons. The van der Waals surface area contributed by atoms with Gasteiger partial charge >= 0.3 is 0 Å². The van der Waals surface area contributed by atoms with Crippen molar-refractivity contribution >= 4 is 5.91 Å². The number of halogens is 1. The van der Waals surface area contributed by atoms with E-state index in [-0.39, 0.29) is 11.7 Å². The normalized spacial score (nSPS) is 20.5. The van der Waals surface area contributed by atoms with E-state index in [0.717, 1.165) is 63.3 Å². The molecule has 0 saturated carbocycles. The zero-order chi connectivity index (χ0) is 19.3. The molecule has 2 aliphatic heterocycles. The third-order valence-corrected chi connectivity index (χ3v) is 5.90. The molecule has 0 spiro atoms. The molecule has 0 aliphatic carbocycles. The molecule has 0 radical (unpaired) electrons. The Morgan fingerprint density at radius 3 is 2.68 bits per heavy atom. The molecule has 0 bridgehead atoms. The summed E-state index contributed by atoms with van der Waals surface area (Å²) in [4.78, 5) is 21.6. The number of piperidine rings is 1. The molecule has 2 fully saturated rings. The van der Waals surface area contributed by atoms with Gasteiger partial charge in [-0.3, -0.25) is 14.7 Å². The van der Waals surface area contributed by atoms with Gasteiger partial charge in [-0.05, 0) is 56.0 Å². The number of pyridine rings is 1. The number of hydrogen-bond acceptors (Lipinski definition) is 3. The average Bonchev–Trinajstić information content (AvgIpc) is 3.25. The SMILES string of the molecule is O=C(CN1CCCC(c2cccc(Cc3ccccc3F)n2)C1)N1CCCC1. The largest absolute Gasteiger partial charge is 0.342 e. The molecule has 3 heterocycles. The Labute approximate surface area is 166 Å². The van der Waals surface area contributed by atoms with Crippen molar-refractivity contribution in [2.75, 3.05) is 32.7 Å². The van der Waals surface area contributed by atoms with E-state index in [1.807, 2.05) is 29.2 Å². The minimum Gasteiger partial charge on any atom is -0.342 e. The lowest BCUT2D eigenvalue weighted by molar-refractivity contribution is -0.131. The molecule has 1 amide bonds. The van der Waals surface area contributed by atoms with Crippen molar-refractivity contribution in [3.8, 4) is 0 Å². The van der Waals surface area contributed by atoms with Crippen LogP contribution in [0.3, 0.4) is 0 Å². The first-order valence-electron chi connectivity index (χ1n) is 10.4. The Balaban J connectivity index is 1.40. The summed E-state index contributed by atoms with van der Waals surface area (Å²) < 4.78 is 14.0. The lowest BCUT2D eigenvalue weighted by atomic mass is 9.94. The second kappa shape index (κ2) is 8.82. The third-order valence-electron chi connectivity index (χ3n) is 5.90. The first-order valence-corrected chi connectivity index (χ1v) is 10.4. The maximum atomic E-state index is 14.0. The van der Waals surface area contributed by atoms with E-state index in [1.165, 1.54) is 6.07 Å². The Bertz CT molecular complexity index is 819. The highest BCUT2D eigenvalue weighted by molar-refractivity contribution is 5.78. The first-order chi connectivity index (χ1) is 13.7. The maximum absolute atomic E-state index is 14.0. The number of nitrogens with zero attached hydrogens (tertiary/aromatic N) is 3. The van der Waals surface area contributed by atoms with E-state index in [0.29, 0.717) is 24.4 Å². The monoisotopic (exact) mass is 381 g/mol. The minimum absolute atomic E-state index is 0.182. The van der Waals surface area contributed by atoms with Gasteiger partial charge in [0.15, 0.2) is 0 Å². The summed E-state index contributed by atoms with van der Waals surface area (Å²) in [7, 11) is 0. The number of carbonyl (C=O) groups is 1. The molecule has 5 heteroatoms. The van der Waals surface area contributed by atoms with Crippen molar-refractivity contribution in [2.24, 2.45) is 0 Å². The molecule has 4 nitrogen and oxygen atoms in total. The zero-order valence-electron chi connectivity index (χ0n) is 16.3. The second-order valence-electron chi connectivity index (χ2n) is 7.98. The van der Waals surface area contributed by atoms with E-state index in [9.17, 15) is 9.18 Å². The summed E-state index contributed by atoms with van der Waals surface area (Å²) in [6, 6.07) is 12.9. The lowest BCUT2D eigenvalue weighted by Crippen LogP contribution is -2.43. The summed E-state index contributed by atoms with van der Waals surface area (Å²) in [5, 5.41) is 0. The third kappa shape index (κ3) is 4.58. The van der Waals surface area contributed by atoms with Crippen molar-refractivity contribution in [3.05, 3.63) is 65.2 Å². The van der Waals surface area contributed by atoms with Crippen molar-refractivity contribution in [2.45, 2.75) is 38.0 Å². The van der Waals surface area contributed by atoms with Crippen LogP contribution in [0.25, 0.3) is 0 Å². The quantitative estimate of drug-likeness (QED) is 0.794. The fourth-order valence-corrected chi connectivity index (χ4v) is 4.36. The van der Waals surface area contributed by atoms with Gasteiger partial charge in [-0.2, -0.15) is 0 Å². The molecule has 2 saturated heterocycles. The van der Waals surface area contributed by atoms with Crippen LogP contribution < -0.4 is 0 Å². The molecule has 28 heavy (non-hydrogen) atoms. The van der Waals surface area contributed by atoms with Crippen LogP contribution in [0.2, 0.25) is 0 Å². The fourth-order valence-electron chi connectivity index (χ4n) is 4.36. The van der Waals surface area contributed by atoms with Gasteiger partial charge in [0.05, 0.1) is 6.54 Å². The molecule has 2 aromatic rings. The van der Waals surface area contributed by atoms with E-state index in [1.54, 1.807) is 6.07 Å². The van der Waals surface area contributed by atoms with E-state index < -0.39 is 0 Å². The van der Waals surface area contributed by atoms with Crippen LogP contribution in [0.1, 0.15) is 48.6 Å². The van der Waals surface area contributed by atoms with Crippen LogP contribution in [0.4, 0.5) is 4.39 Å². The first kappa shape index (κ1) is 19.1. The number of carbonyl (C=O) groups excluding carboxylic acids is 1. The highest BCUT2D eigenvalue weighted by Gasteiger charge is 2.26. The Hall–Kier alpha value is -2.27. The lowest BCUT2D eigenvalue weighted by Gasteiger charge is -2.33. The Morgan fingerprint density at radius 1 is 1.04 bits per heavy atom. The molecule has 1 aromatic heterocycles. The van der Waals surface area contributed by atoms with Crippen molar-refractivity contribution in [3.63, 3.8) is 0 Å². The van der Waals surface area contributed by atoms with Gasteiger partial charge in [-0.25, -0.2) is 4.39 Å². The van der Waals surface area contributed by atoms with Crippen LogP contribution in [-0.4, -0.2) is 53.4 Å². The van der Waals surface area contributed by atoms with Gasteiger partial charge in [0, 0.05) is 43.4 Å². The Morgan fingerprint density at radius 2 is 1.86 bits per heavy atom. The minimum atomic E-state index is -0.182. The van der Waals surface area contributed by atoms with Crippen molar-refractivity contribution < 1.29 is 9.18 Å². The van der Waals surface area contributed by atoms with E-state index in [2.05, 4.69) is 11.0 Å². The summed E-state index contributed by atoms with van der Waals surface area (Å²) in [6.07, 6.45) is 4.94. The molecule has 0 N–H and O–H groups in total. The predicted octanol–water partition coefficient (Wildman–Crippen LogP) is 3.61. The van der Waals surface area contributed by atoms with E-state index in [4.69, 9.17) is 4.98 Å². The molecule has 2 aliphatic rings. The van der Waals surface area contributed by atoms with Crippen molar-refractivity contribution in [1.29, 1.82) is 0 Å². The maximum Gasteiger partial charge on any atom is 0.236 e. The van der Waals surface area contributed by atoms with Gasteiger partial charge in [0.25, 0.3) is 0 Å². The number of rotatable bonds is 5. The zero-order valence-corrected chi connectivity index (χ0v) is 16.3. The highest BCUT2D eigenvalue weighted by Crippen LogP contribution is 2.26. The van der Waals surface area contributed by atoms with Gasteiger partial charge in [-0.1, -0.05) is 24.3 Å². The summed E-state index contributed by atoms with van der Waals surface area (Å²) >= 11 is 0. The molecule has 1 atom stereocenters. The molecule has 1 aromatic carbocycles. The van der Waals surface area contributed by atoms with Crippen LogP contribution >= 0.6 is 0 Å². The van der Waals surface area contributed by atoms with Gasteiger partial charge in [0.1, 0.15) is 5.82 Å². The molecular weight excluding hydrogens is 353 g/mol. The topological polar surface area (TPSA) is 36.4 Å². The summed E-state index contributed by atoms with van der Waals surface area (Å²) in [6.45, 7) is 4.19. The number of amides is 1. The van der Waals surface area contributed by atoms with Crippen molar-refractivity contribution in [1.82, 2.24) is 14.8 Å².